The molecule has 0 unspecified atom stereocenters. The van der Waals surface area contributed by atoms with Crippen molar-refractivity contribution in [1.29, 1.82) is 0 Å². The number of amides is 1. The number of carbonyl (C=O) groups is 1. The summed E-state index contributed by atoms with van der Waals surface area (Å²) in [4.78, 5) is 12.8. The second-order valence-corrected chi connectivity index (χ2v) is 7.09. The van der Waals surface area contributed by atoms with Gasteiger partial charge in [-0.25, -0.2) is 0 Å². The Morgan fingerprint density at radius 2 is 2.00 bits per heavy atom. The van der Waals surface area contributed by atoms with Crippen LogP contribution in [-0.4, -0.2) is 35.9 Å². The van der Waals surface area contributed by atoms with Crippen LogP contribution >= 0.6 is 34.5 Å². The molecular formula is C18H15Cl2N3O3S. The van der Waals surface area contributed by atoms with Gasteiger partial charge in [-0.05, 0) is 29.6 Å². The van der Waals surface area contributed by atoms with Crippen LogP contribution in [0.5, 0.6) is 11.6 Å². The molecule has 1 N–H and O–H groups in total. The van der Waals surface area contributed by atoms with Gasteiger partial charge in [-0.2, -0.15) is 0 Å². The lowest BCUT2D eigenvalue weighted by Crippen LogP contribution is -2.32. The Labute approximate surface area is 170 Å². The Hall–Kier alpha value is -2.35. The lowest BCUT2D eigenvalue weighted by molar-refractivity contribution is -0.123. The number of nitrogens with one attached hydrogen (secondary N) is 1. The first-order valence-electron chi connectivity index (χ1n) is 7.97. The van der Waals surface area contributed by atoms with Crippen molar-refractivity contribution >= 4 is 40.4 Å². The predicted octanol–water partition coefficient (Wildman–Crippen LogP) is 4.09. The molecule has 3 aromatic rings. The van der Waals surface area contributed by atoms with E-state index in [-0.39, 0.29) is 19.1 Å². The Kier molecular flexibility index (Phi) is 6.86. The summed E-state index contributed by atoms with van der Waals surface area (Å²) in [5.74, 6) is 0.456. The van der Waals surface area contributed by atoms with Crippen LogP contribution in [0.4, 0.5) is 0 Å². The molecule has 0 bridgehead atoms. The van der Waals surface area contributed by atoms with E-state index in [1.807, 2.05) is 23.6 Å². The zero-order valence-electron chi connectivity index (χ0n) is 14.0. The van der Waals surface area contributed by atoms with Crippen LogP contribution in [0.3, 0.4) is 0 Å². The van der Waals surface area contributed by atoms with Gasteiger partial charge in [-0.1, -0.05) is 29.3 Å². The monoisotopic (exact) mass is 423 g/mol. The summed E-state index contributed by atoms with van der Waals surface area (Å²) in [6.45, 7) is 0.395. The second kappa shape index (κ2) is 9.55. The number of benzene rings is 1. The van der Waals surface area contributed by atoms with Crippen LogP contribution in [0.25, 0.3) is 10.6 Å². The molecule has 0 radical (unpaired) electrons. The number of carbonyl (C=O) groups excluding carboxylic acids is 1. The molecule has 0 aliphatic heterocycles. The van der Waals surface area contributed by atoms with E-state index < -0.39 is 0 Å². The van der Waals surface area contributed by atoms with E-state index in [0.29, 0.717) is 28.2 Å². The molecule has 0 fully saturated rings. The molecule has 0 aliphatic carbocycles. The van der Waals surface area contributed by atoms with Crippen LogP contribution in [0, 0.1) is 0 Å². The Bertz CT molecular complexity index is 889. The van der Waals surface area contributed by atoms with Crippen molar-refractivity contribution in [3.05, 3.63) is 57.9 Å². The average Bonchev–Trinajstić information content (AvgIpc) is 3.21. The molecule has 6 nitrogen and oxygen atoms in total. The first kappa shape index (κ1) is 19.4. The summed E-state index contributed by atoms with van der Waals surface area (Å²) in [7, 11) is 0. The molecule has 0 saturated carbocycles. The molecule has 1 amide bonds. The topological polar surface area (TPSA) is 73.3 Å². The SMILES string of the molecule is O=C(COc1cc(Cl)ccc1Cl)NCCOc1ccc(-c2cccs2)nn1. The van der Waals surface area contributed by atoms with Crippen LogP contribution in [0.2, 0.25) is 10.0 Å². The highest BCUT2D eigenvalue weighted by Gasteiger charge is 2.07. The summed E-state index contributed by atoms with van der Waals surface area (Å²) in [5, 5.41) is 13.7. The van der Waals surface area contributed by atoms with Crippen molar-refractivity contribution in [2.45, 2.75) is 0 Å². The standard InChI is InChI=1S/C18H15Cl2N3O3S/c19-12-3-4-13(20)15(10-12)26-11-17(24)21-7-8-25-18-6-5-14(22-23-18)16-2-1-9-27-16/h1-6,9-10H,7-8,11H2,(H,21,24). The van der Waals surface area contributed by atoms with Crippen LogP contribution in [0.15, 0.2) is 47.8 Å². The third-order valence-corrected chi connectivity index (χ3v) is 4.78. The van der Waals surface area contributed by atoms with Gasteiger partial charge < -0.3 is 14.8 Å². The summed E-state index contributed by atoms with van der Waals surface area (Å²) in [5.41, 5.74) is 0.794. The van der Waals surface area contributed by atoms with Crippen LogP contribution in [0.1, 0.15) is 0 Å². The smallest absolute Gasteiger partial charge is 0.258 e. The molecule has 0 atom stereocenters. The van der Waals surface area contributed by atoms with Crippen molar-refractivity contribution < 1.29 is 14.3 Å². The fourth-order valence-electron chi connectivity index (χ4n) is 2.08. The van der Waals surface area contributed by atoms with Gasteiger partial charge in [0.15, 0.2) is 6.61 Å². The van der Waals surface area contributed by atoms with Gasteiger partial charge in [0.05, 0.1) is 16.4 Å². The van der Waals surface area contributed by atoms with E-state index in [0.717, 1.165) is 10.6 Å². The normalized spacial score (nSPS) is 10.4. The first-order chi connectivity index (χ1) is 13.1. The first-order valence-corrected chi connectivity index (χ1v) is 9.60. The summed E-state index contributed by atoms with van der Waals surface area (Å²) >= 11 is 13.4. The molecule has 1 aromatic carbocycles. The number of halogens is 2. The summed E-state index contributed by atoms with van der Waals surface area (Å²) in [6.07, 6.45) is 0. The van der Waals surface area contributed by atoms with E-state index in [1.54, 1.807) is 35.6 Å². The quantitative estimate of drug-likeness (QED) is 0.552. The fourth-order valence-corrected chi connectivity index (χ4v) is 3.11. The molecule has 140 valence electrons. The van der Waals surface area contributed by atoms with Gasteiger partial charge in [0.1, 0.15) is 18.1 Å². The third kappa shape index (κ3) is 5.82. The Morgan fingerprint density at radius 3 is 2.74 bits per heavy atom. The maximum absolute atomic E-state index is 11.8. The van der Waals surface area contributed by atoms with Gasteiger partial charge in [-0.3, -0.25) is 4.79 Å². The number of ether oxygens (including phenoxy) is 2. The molecule has 0 saturated heterocycles. The minimum atomic E-state index is -0.297. The lowest BCUT2D eigenvalue weighted by Gasteiger charge is -2.09. The van der Waals surface area contributed by atoms with E-state index in [4.69, 9.17) is 32.7 Å². The molecule has 3 rings (SSSR count). The number of hydrogen-bond donors (Lipinski definition) is 1. The molecule has 27 heavy (non-hydrogen) atoms. The lowest BCUT2D eigenvalue weighted by atomic mass is 10.3. The fraction of sp³-hybridized carbons (Fsp3) is 0.167. The van der Waals surface area contributed by atoms with Crippen molar-refractivity contribution in [2.24, 2.45) is 0 Å². The van der Waals surface area contributed by atoms with Crippen molar-refractivity contribution in [1.82, 2.24) is 15.5 Å². The number of thiophene rings is 1. The molecule has 9 heteroatoms. The van der Waals surface area contributed by atoms with Crippen LogP contribution in [-0.2, 0) is 4.79 Å². The van der Waals surface area contributed by atoms with Gasteiger partial charge in [0.2, 0.25) is 5.88 Å². The zero-order valence-corrected chi connectivity index (χ0v) is 16.4. The average molecular weight is 424 g/mol. The van der Waals surface area contributed by atoms with Crippen molar-refractivity contribution in [3.8, 4) is 22.2 Å². The van der Waals surface area contributed by atoms with Crippen molar-refractivity contribution in [3.63, 3.8) is 0 Å². The van der Waals surface area contributed by atoms with E-state index in [9.17, 15) is 4.79 Å². The molecule has 2 aromatic heterocycles. The van der Waals surface area contributed by atoms with E-state index >= 15 is 0 Å². The maximum atomic E-state index is 11.8. The number of aromatic nitrogens is 2. The highest BCUT2D eigenvalue weighted by atomic mass is 35.5. The van der Waals surface area contributed by atoms with Crippen molar-refractivity contribution in [2.75, 3.05) is 19.8 Å². The number of hydrogen-bond acceptors (Lipinski definition) is 6. The number of rotatable bonds is 8. The predicted molar refractivity (Wildman–Crippen MR) is 106 cm³/mol. The van der Waals surface area contributed by atoms with Crippen LogP contribution < -0.4 is 14.8 Å². The van der Waals surface area contributed by atoms with Gasteiger partial charge in [-0.15, -0.1) is 21.5 Å². The van der Waals surface area contributed by atoms with Gasteiger partial charge in [0.25, 0.3) is 5.91 Å². The highest BCUT2D eigenvalue weighted by Crippen LogP contribution is 2.27. The zero-order chi connectivity index (χ0) is 19.1. The minimum Gasteiger partial charge on any atom is -0.482 e. The number of nitrogens with zero attached hydrogens (tertiary/aromatic N) is 2. The van der Waals surface area contributed by atoms with Gasteiger partial charge >= 0.3 is 0 Å². The van der Waals surface area contributed by atoms with Gasteiger partial charge in [0, 0.05) is 17.2 Å². The molecule has 0 spiro atoms. The molecule has 0 aliphatic rings. The van der Waals surface area contributed by atoms with E-state index in [1.165, 1.54) is 0 Å². The van der Waals surface area contributed by atoms with E-state index in [2.05, 4.69) is 15.5 Å². The Balaban J connectivity index is 1.37. The Morgan fingerprint density at radius 1 is 1.11 bits per heavy atom. The second-order valence-electron chi connectivity index (χ2n) is 5.30. The highest BCUT2D eigenvalue weighted by molar-refractivity contribution is 7.13. The molecular weight excluding hydrogens is 409 g/mol. The summed E-state index contributed by atoms with van der Waals surface area (Å²) < 4.78 is 10.8. The third-order valence-electron chi connectivity index (χ3n) is 3.34. The molecule has 2 heterocycles. The maximum Gasteiger partial charge on any atom is 0.258 e. The summed E-state index contributed by atoms with van der Waals surface area (Å²) in [6, 6.07) is 12.3. The largest absolute Gasteiger partial charge is 0.482 e. The minimum absolute atomic E-state index is 0.171.